The topological polar surface area (TPSA) is 77.5 Å². The van der Waals surface area contributed by atoms with E-state index in [1.54, 1.807) is 0 Å². The maximum Gasteiger partial charge on any atom is 0.221 e. The lowest BCUT2D eigenvalue weighted by Gasteiger charge is -2.47. The molecular weight excluding hydrogens is 352 g/mol. The summed E-state index contributed by atoms with van der Waals surface area (Å²) in [4.78, 5) is 19.6. The lowest BCUT2D eigenvalue weighted by atomic mass is 9.82. The number of nitrogens with zero attached hydrogens (tertiary/aromatic N) is 5. The Morgan fingerprint density at radius 2 is 2.04 bits per heavy atom. The first kappa shape index (κ1) is 18.8. The maximum absolute atomic E-state index is 10.8. The molecule has 26 heavy (non-hydrogen) atoms. The van der Waals surface area contributed by atoms with Crippen molar-refractivity contribution in [2.24, 2.45) is 5.18 Å². The molecule has 2 heterocycles. The van der Waals surface area contributed by atoms with Gasteiger partial charge in [0.25, 0.3) is 0 Å². The Labute approximate surface area is 158 Å². The van der Waals surface area contributed by atoms with Crippen molar-refractivity contribution < 1.29 is 0 Å². The van der Waals surface area contributed by atoms with Crippen LogP contribution in [0.3, 0.4) is 0 Å². The largest absolute Gasteiger partial charge is 0.341 e. The van der Waals surface area contributed by atoms with Crippen LogP contribution in [-0.4, -0.2) is 58.8 Å². The van der Waals surface area contributed by atoms with Crippen LogP contribution in [0.1, 0.15) is 24.8 Å². The average molecular weight is 377 g/mol. The summed E-state index contributed by atoms with van der Waals surface area (Å²) in [5.41, 5.74) is 1.26. The van der Waals surface area contributed by atoms with Gasteiger partial charge in [0.05, 0.1) is 6.54 Å². The third-order valence-electron chi connectivity index (χ3n) is 5.52. The Hall–Kier alpha value is -1.99. The van der Waals surface area contributed by atoms with Crippen LogP contribution in [0.25, 0.3) is 0 Å². The molecule has 0 radical (unpaired) electrons. The molecule has 2 aromatic rings. The number of aromatic amines is 1. The summed E-state index contributed by atoms with van der Waals surface area (Å²) < 4.78 is 0. The summed E-state index contributed by atoms with van der Waals surface area (Å²) in [6, 6.07) is 8.00. The number of hydrogen-bond acceptors (Lipinski definition) is 6. The van der Waals surface area contributed by atoms with E-state index in [0.29, 0.717) is 6.54 Å². The molecule has 8 heteroatoms. The van der Waals surface area contributed by atoms with Gasteiger partial charge >= 0.3 is 0 Å². The van der Waals surface area contributed by atoms with Crippen LogP contribution < -0.4 is 4.90 Å². The number of benzene rings is 1. The van der Waals surface area contributed by atoms with E-state index in [2.05, 4.69) is 49.3 Å². The SMILES string of the molecule is CN(CCc1ccc(Cl)cc1)C1(CCN=O)CCN(c2ncn[nH]2)CC1. The van der Waals surface area contributed by atoms with Crippen molar-refractivity contribution in [1.82, 2.24) is 20.1 Å². The van der Waals surface area contributed by atoms with E-state index in [1.165, 1.54) is 11.9 Å². The predicted octanol–water partition coefficient (Wildman–Crippen LogP) is 3.13. The highest BCUT2D eigenvalue weighted by Gasteiger charge is 2.38. The molecule has 1 fully saturated rings. The van der Waals surface area contributed by atoms with Gasteiger partial charge in [-0.1, -0.05) is 28.9 Å². The van der Waals surface area contributed by atoms with Gasteiger partial charge in [0, 0.05) is 30.2 Å². The van der Waals surface area contributed by atoms with Crippen molar-refractivity contribution in [2.75, 3.05) is 38.1 Å². The summed E-state index contributed by atoms with van der Waals surface area (Å²) >= 11 is 5.96. The number of anilines is 1. The van der Waals surface area contributed by atoms with Gasteiger partial charge in [-0.15, -0.1) is 0 Å². The summed E-state index contributed by atoms with van der Waals surface area (Å²) in [7, 11) is 2.16. The van der Waals surface area contributed by atoms with Crippen molar-refractivity contribution in [1.29, 1.82) is 0 Å². The number of H-pyrrole nitrogens is 1. The summed E-state index contributed by atoms with van der Waals surface area (Å²) in [5, 5.41) is 10.7. The Kier molecular flexibility index (Phi) is 6.21. The van der Waals surface area contributed by atoms with E-state index in [9.17, 15) is 4.91 Å². The molecule has 1 saturated heterocycles. The van der Waals surface area contributed by atoms with Gasteiger partial charge in [0.2, 0.25) is 5.95 Å². The third-order valence-corrected chi connectivity index (χ3v) is 5.78. The molecule has 0 unspecified atom stereocenters. The van der Waals surface area contributed by atoms with Crippen molar-refractivity contribution in [3.05, 3.63) is 46.1 Å². The molecule has 1 N–H and O–H groups in total. The molecule has 7 nitrogen and oxygen atoms in total. The van der Waals surface area contributed by atoms with E-state index >= 15 is 0 Å². The second-order valence-corrected chi connectivity index (χ2v) is 7.36. The van der Waals surface area contributed by atoms with Crippen LogP contribution in [0, 0.1) is 4.91 Å². The fourth-order valence-corrected chi connectivity index (χ4v) is 3.87. The second kappa shape index (κ2) is 8.60. The summed E-state index contributed by atoms with van der Waals surface area (Å²) in [6.45, 7) is 3.06. The van der Waals surface area contributed by atoms with Crippen LogP contribution in [0.2, 0.25) is 5.02 Å². The van der Waals surface area contributed by atoms with Crippen molar-refractivity contribution in [3.8, 4) is 0 Å². The number of piperidine rings is 1. The van der Waals surface area contributed by atoms with E-state index in [-0.39, 0.29) is 5.54 Å². The van der Waals surface area contributed by atoms with Crippen LogP contribution in [-0.2, 0) is 6.42 Å². The van der Waals surface area contributed by atoms with Gasteiger partial charge in [-0.2, -0.15) is 15.0 Å². The van der Waals surface area contributed by atoms with Gasteiger partial charge in [-0.3, -0.25) is 0 Å². The minimum absolute atomic E-state index is 0.00312. The van der Waals surface area contributed by atoms with Gasteiger partial charge in [-0.05, 0) is 50.4 Å². The van der Waals surface area contributed by atoms with Gasteiger partial charge in [0.15, 0.2) is 0 Å². The molecule has 1 aliphatic heterocycles. The van der Waals surface area contributed by atoms with E-state index in [0.717, 1.165) is 56.3 Å². The maximum atomic E-state index is 10.8. The fraction of sp³-hybridized carbons (Fsp3) is 0.556. The molecule has 0 spiro atoms. The zero-order valence-electron chi connectivity index (χ0n) is 15.1. The molecule has 0 saturated carbocycles. The lowest BCUT2D eigenvalue weighted by Crippen LogP contribution is -2.55. The average Bonchev–Trinajstić information content (AvgIpc) is 3.21. The fourth-order valence-electron chi connectivity index (χ4n) is 3.75. The molecule has 1 aliphatic rings. The van der Waals surface area contributed by atoms with E-state index < -0.39 is 0 Å². The number of hydrogen-bond donors (Lipinski definition) is 1. The van der Waals surface area contributed by atoms with E-state index in [1.807, 2.05) is 12.1 Å². The van der Waals surface area contributed by atoms with E-state index in [4.69, 9.17) is 11.6 Å². The summed E-state index contributed by atoms with van der Waals surface area (Å²) in [6.07, 6.45) is 5.22. The highest BCUT2D eigenvalue weighted by Crippen LogP contribution is 2.32. The first-order chi connectivity index (χ1) is 12.6. The van der Waals surface area contributed by atoms with Crippen LogP contribution in [0.4, 0.5) is 5.95 Å². The molecule has 0 aliphatic carbocycles. The van der Waals surface area contributed by atoms with Crippen LogP contribution >= 0.6 is 11.6 Å². The number of rotatable bonds is 8. The normalized spacial score (nSPS) is 16.8. The Bertz CT molecular complexity index is 682. The lowest BCUT2D eigenvalue weighted by molar-refractivity contribution is 0.0826. The van der Waals surface area contributed by atoms with Gasteiger partial charge in [-0.25, -0.2) is 5.10 Å². The standard InChI is InChI=1S/C18H25ClN6O/c1-24(11-6-15-2-4-16(19)5-3-15)18(7-10-22-26)8-12-25(13-9-18)17-20-14-21-23-17/h2-5,14H,6-13H2,1H3,(H,20,21,23). The highest BCUT2D eigenvalue weighted by atomic mass is 35.5. The molecule has 1 aromatic carbocycles. The minimum Gasteiger partial charge on any atom is -0.341 e. The second-order valence-electron chi connectivity index (χ2n) is 6.92. The monoisotopic (exact) mass is 376 g/mol. The predicted molar refractivity (Wildman–Crippen MR) is 104 cm³/mol. The smallest absolute Gasteiger partial charge is 0.221 e. The van der Waals surface area contributed by atoms with Crippen LogP contribution in [0.15, 0.2) is 35.8 Å². The number of nitrogens with one attached hydrogen (secondary N) is 1. The molecule has 0 atom stereocenters. The summed E-state index contributed by atoms with van der Waals surface area (Å²) in [5.74, 6) is 0.816. The molecule has 3 rings (SSSR count). The molecule has 0 amide bonds. The highest BCUT2D eigenvalue weighted by molar-refractivity contribution is 6.30. The first-order valence-electron chi connectivity index (χ1n) is 8.98. The molecule has 1 aromatic heterocycles. The van der Waals surface area contributed by atoms with Crippen molar-refractivity contribution >= 4 is 17.5 Å². The molecular formula is C18H25ClN6O. The van der Waals surface area contributed by atoms with Gasteiger partial charge < -0.3 is 9.80 Å². The Balaban J connectivity index is 1.63. The number of nitroso groups, excluding NO2 is 1. The number of aromatic nitrogens is 3. The minimum atomic E-state index is -0.00312. The van der Waals surface area contributed by atoms with Gasteiger partial charge in [0.1, 0.15) is 6.33 Å². The number of likely N-dealkylation sites (N-methyl/N-ethyl adjacent to an activating group) is 1. The quantitative estimate of drug-likeness (QED) is 0.716. The van der Waals surface area contributed by atoms with Crippen LogP contribution in [0.5, 0.6) is 0 Å². The molecule has 0 bridgehead atoms. The molecule has 140 valence electrons. The zero-order valence-corrected chi connectivity index (χ0v) is 15.8. The van der Waals surface area contributed by atoms with Crippen molar-refractivity contribution in [2.45, 2.75) is 31.2 Å². The Morgan fingerprint density at radius 3 is 2.65 bits per heavy atom. The zero-order chi connectivity index (χ0) is 18.4. The van der Waals surface area contributed by atoms with Crippen molar-refractivity contribution in [3.63, 3.8) is 0 Å². The first-order valence-corrected chi connectivity index (χ1v) is 9.36. The third kappa shape index (κ3) is 4.40. The number of halogens is 1. The Morgan fingerprint density at radius 1 is 1.31 bits per heavy atom.